The van der Waals surface area contributed by atoms with Gasteiger partial charge in [-0.05, 0) is 6.92 Å². The summed E-state index contributed by atoms with van der Waals surface area (Å²) in [6.45, 7) is 2.48. The Labute approximate surface area is 94.1 Å². The van der Waals surface area contributed by atoms with Crippen molar-refractivity contribution >= 4 is 6.08 Å². The van der Waals surface area contributed by atoms with Crippen LogP contribution in [0.2, 0.25) is 0 Å². The zero-order valence-electron chi connectivity index (χ0n) is 9.61. The minimum absolute atomic E-state index is 0.231. The molecule has 0 bridgehead atoms. The van der Waals surface area contributed by atoms with Crippen LogP contribution in [-0.2, 0) is 22.7 Å². The topological polar surface area (TPSA) is 60.8 Å². The second-order valence-corrected chi connectivity index (χ2v) is 3.22. The lowest BCUT2D eigenvalue weighted by molar-refractivity contribution is 0.183. The van der Waals surface area contributed by atoms with Gasteiger partial charge in [0.1, 0.15) is 5.75 Å². The van der Waals surface area contributed by atoms with E-state index >= 15 is 0 Å². The number of rotatable bonds is 5. The fourth-order valence-corrected chi connectivity index (χ4v) is 1.51. The molecular weight excluding hydrogens is 208 g/mol. The average molecular weight is 222 g/mol. The number of isocyanates is 1. The van der Waals surface area contributed by atoms with E-state index < -0.39 is 0 Å². The van der Waals surface area contributed by atoms with E-state index in [1.807, 2.05) is 6.92 Å². The maximum Gasteiger partial charge on any atom is 0.235 e. The van der Waals surface area contributed by atoms with Crippen LogP contribution in [0.5, 0.6) is 5.75 Å². The summed E-state index contributed by atoms with van der Waals surface area (Å²) in [5.41, 5.74) is 2.45. The molecule has 16 heavy (non-hydrogen) atoms. The predicted octanol–water partition coefficient (Wildman–Crippen LogP) is 1.38. The highest BCUT2D eigenvalue weighted by Gasteiger charge is 2.12. The molecule has 5 nitrogen and oxygen atoms in total. The van der Waals surface area contributed by atoms with Crippen molar-refractivity contribution in [3.63, 3.8) is 0 Å². The molecule has 0 aliphatic heterocycles. The molecule has 0 saturated carbocycles. The summed E-state index contributed by atoms with van der Waals surface area (Å²) in [6, 6.07) is 0. The van der Waals surface area contributed by atoms with E-state index in [-0.39, 0.29) is 6.54 Å². The molecule has 1 aromatic heterocycles. The molecule has 0 unspecified atom stereocenters. The maximum absolute atomic E-state index is 10.2. The van der Waals surface area contributed by atoms with Crippen molar-refractivity contribution < 1.29 is 14.3 Å². The van der Waals surface area contributed by atoms with Crippen molar-refractivity contribution in [1.29, 1.82) is 0 Å². The molecule has 0 aliphatic rings. The van der Waals surface area contributed by atoms with E-state index in [2.05, 4.69) is 9.98 Å². The molecule has 86 valence electrons. The number of hydrogen-bond donors (Lipinski definition) is 0. The van der Waals surface area contributed by atoms with Gasteiger partial charge < -0.3 is 9.47 Å². The van der Waals surface area contributed by atoms with Gasteiger partial charge in [-0.1, -0.05) is 0 Å². The number of aliphatic imine (C=N–C) groups is 1. The Morgan fingerprint density at radius 2 is 2.25 bits per heavy atom. The van der Waals surface area contributed by atoms with E-state index in [0.29, 0.717) is 12.4 Å². The summed E-state index contributed by atoms with van der Waals surface area (Å²) < 4.78 is 10.3. The van der Waals surface area contributed by atoms with Gasteiger partial charge >= 0.3 is 0 Å². The van der Waals surface area contributed by atoms with Crippen LogP contribution in [0.3, 0.4) is 0 Å². The molecule has 0 fully saturated rings. The van der Waals surface area contributed by atoms with Gasteiger partial charge in [0.05, 0.1) is 26.0 Å². The molecule has 5 heteroatoms. The van der Waals surface area contributed by atoms with Crippen LogP contribution >= 0.6 is 0 Å². The number of aryl methyl sites for hydroxylation is 1. The molecule has 0 radical (unpaired) electrons. The number of carbonyl (C=O) groups excluding carboxylic acids is 1. The fourth-order valence-electron chi connectivity index (χ4n) is 1.51. The minimum atomic E-state index is 0.231. The van der Waals surface area contributed by atoms with Crippen molar-refractivity contribution in [3.8, 4) is 5.75 Å². The number of aromatic nitrogens is 1. The van der Waals surface area contributed by atoms with Gasteiger partial charge in [0, 0.05) is 24.4 Å². The van der Waals surface area contributed by atoms with Gasteiger partial charge in [0.15, 0.2) is 0 Å². The van der Waals surface area contributed by atoms with Gasteiger partial charge in [-0.25, -0.2) is 9.79 Å². The fraction of sp³-hybridized carbons (Fsp3) is 0.455. The van der Waals surface area contributed by atoms with Gasteiger partial charge in [-0.2, -0.15) is 0 Å². The number of methoxy groups -OCH3 is 2. The molecule has 0 aliphatic carbocycles. The van der Waals surface area contributed by atoms with Crippen LogP contribution in [0.1, 0.15) is 16.8 Å². The van der Waals surface area contributed by atoms with E-state index in [1.165, 1.54) is 6.08 Å². The molecule has 0 N–H and O–H groups in total. The Balaban J connectivity index is 3.22. The van der Waals surface area contributed by atoms with Crippen LogP contribution in [-0.4, -0.2) is 25.3 Å². The first-order chi connectivity index (χ1) is 7.74. The lowest BCUT2D eigenvalue weighted by atomic mass is 10.1. The first kappa shape index (κ1) is 12.4. The number of ether oxygens (including phenoxy) is 2. The molecule has 1 rings (SSSR count). The molecule has 0 amide bonds. The Hall–Kier alpha value is -1.71. The monoisotopic (exact) mass is 222 g/mol. The summed E-state index contributed by atoms with van der Waals surface area (Å²) in [4.78, 5) is 17.9. The lowest BCUT2D eigenvalue weighted by Gasteiger charge is -2.13. The maximum atomic E-state index is 10.2. The highest BCUT2D eigenvalue weighted by Crippen LogP contribution is 2.26. The molecule has 0 atom stereocenters. The average Bonchev–Trinajstić information content (AvgIpc) is 2.29. The third kappa shape index (κ3) is 2.66. The van der Waals surface area contributed by atoms with Gasteiger partial charge in [-0.3, -0.25) is 4.98 Å². The highest BCUT2D eigenvalue weighted by molar-refractivity contribution is 5.43. The second kappa shape index (κ2) is 6.00. The molecule has 1 aromatic rings. The second-order valence-electron chi connectivity index (χ2n) is 3.22. The SMILES string of the molecule is COCc1cnc(C)c(OC)c1CN=C=O. The zero-order valence-corrected chi connectivity index (χ0v) is 9.61. The molecular formula is C11H14N2O3. The zero-order chi connectivity index (χ0) is 12.0. The summed E-state index contributed by atoms with van der Waals surface area (Å²) >= 11 is 0. The van der Waals surface area contributed by atoms with Crippen LogP contribution in [0, 0.1) is 6.92 Å². The summed E-state index contributed by atoms with van der Waals surface area (Å²) in [7, 11) is 3.16. The Kier molecular flexibility index (Phi) is 4.64. The third-order valence-corrected chi connectivity index (χ3v) is 2.21. The van der Waals surface area contributed by atoms with E-state index in [1.54, 1.807) is 20.4 Å². The first-order valence-corrected chi connectivity index (χ1v) is 4.78. The van der Waals surface area contributed by atoms with Gasteiger partial charge in [0.2, 0.25) is 6.08 Å². The Morgan fingerprint density at radius 3 is 2.81 bits per heavy atom. The molecule has 0 aromatic carbocycles. The molecule has 1 heterocycles. The normalized spacial score (nSPS) is 9.69. The van der Waals surface area contributed by atoms with E-state index in [4.69, 9.17) is 9.47 Å². The minimum Gasteiger partial charge on any atom is -0.494 e. The largest absolute Gasteiger partial charge is 0.494 e. The van der Waals surface area contributed by atoms with Crippen molar-refractivity contribution in [2.24, 2.45) is 4.99 Å². The summed E-state index contributed by atoms with van der Waals surface area (Å²) in [5.74, 6) is 0.647. The highest BCUT2D eigenvalue weighted by atomic mass is 16.5. The Morgan fingerprint density at radius 1 is 1.50 bits per heavy atom. The standard InChI is InChI=1S/C11H14N2O3/c1-8-11(16-3)10(5-12-7-14)9(4-13-8)6-15-2/h4H,5-6H2,1-3H3. The van der Waals surface area contributed by atoms with Crippen LogP contribution in [0.15, 0.2) is 11.2 Å². The van der Waals surface area contributed by atoms with Crippen molar-refractivity contribution in [2.45, 2.75) is 20.1 Å². The van der Waals surface area contributed by atoms with Crippen LogP contribution in [0.4, 0.5) is 0 Å². The van der Waals surface area contributed by atoms with E-state index in [9.17, 15) is 4.79 Å². The third-order valence-electron chi connectivity index (χ3n) is 2.21. The molecule has 0 saturated heterocycles. The quantitative estimate of drug-likeness (QED) is 0.557. The van der Waals surface area contributed by atoms with E-state index in [0.717, 1.165) is 16.8 Å². The predicted molar refractivity (Wildman–Crippen MR) is 58.1 cm³/mol. The van der Waals surface area contributed by atoms with Crippen molar-refractivity contribution in [3.05, 3.63) is 23.0 Å². The van der Waals surface area contributed by atoms with Crippen LogP contribution in [0.25, 0.3) is 0 Å². The number of hydrogen-bond acceptors (Lipinski definition) is 5. The van der Waals surface area contributed by atoms with Crippen molar-refractivity contribution in [2.75, 3.05) is 14.2 Å². The smallest absolute Gasteiger partial charge is 0.235 e. The molecule has 0 spiro atoms. The Bertz CT molecular complexity index is 412. The lowest BCUT2D eigenvalue weighted by Crippen LogP contribution is -2.03. The van der Waals surface area contributed by atoms with Gasteiger partial charge in [0.25, 0.3) is 0 Å². The number of nitrogens with zero attached hydrogens (tertiary/aromatic N) is 2. The van der Waals surface area contributed by atoms with Crippen molar-refractivity contribution in [1.82, 2.24) is 4.98 Å². The number of pyridine rings is 1. The van der Waals surface area contributed by atoms with Gasteiger partial charge in [-0.15, -0.1) is 0 Å². The van der Waals surface area contributed by atoms with Crippen LogP contribution < -0.4 is 4.74 Å². The summed E-state index contributed by atoms with van der Waals surface area (Å²) in [6.07, 6.45) is 3.22. The summed E-state index contributed by atoms with van der Waals surface area (Å²) in [5, 5.41) is 0. The first-order valence-electron chi connectivity index (χ1n) is 4.78.